The molecule has 56 heavy (non-hydrogen) atoms. The van der Waals surface area contributed by atoms with E-state index in [2.05, 4.69) is 24.5 Å². The predicted molar refractivity (Wildman–Crippen MR) is 220 cm³/mol. The van der Waals surface area contributed by atoms with Gasteiger partial charge in [-0.2, -0.15) is 0 Å². The number of rotatable bonds is 42. The molecule has 0 rings (SSSR count). The quantitative estimate of drug-likeness (QED) is 0.0408. The van der Waals surface area contributed by atoms with Crippen molar-refractivity contribution in [1.29, 1.82) is 0 Å². The van der Waals surface area contributed by atoms with Crippen molar-refractivity contribution in [3.63, 3.8) is 0 Å². The number of carboxylic acid groups (broad SMARTS) is 3. The molecule has 0 aliphatic rings. The second-order valence-electron chi connectivity index (χ2n) is 15.4. The van der Waals surface area contributed by atoms with Crippen molar-refractivity contribution in [3.05, 3.63) is 0 Å². The van der Waals surface area contributed by atoms with Crippen molar-refractivity contribution in [3.8, 4) is 0 Å². The summed E-state index contributed by atoms with van der Waals surface area (Å²) in [5.74, 6) is -3.84. The molecule has 0 aromatic heterocycles. The van der Waals surface area contributed by atoms with Crippen molar-refractivity contribution in [2.45, 2.75) is 168 Å². The van der Waals surface area contributed by atoms with Gasteiger partial charge in [0.25, 0.3) is 0 Å². The second-order valence-corrected chi connectivity index (χ2v) is 15.4. The van der Waals surface area contributed by atoms with Crippen molar-refractivity contribution in [1.82, 2.24) is 25.3 Å². The molecule has 0 saturated heterocycles. The minimum Gasteiger partial charge on any atom is -0.480 e. The van der Waals surface area contributed by atoms with Gasteiger partial charge < -0.3 is 26.0 Å². The average Bonchev–Trinajstić information content (AvgIpc) is 3.12. The third-order valence-electron chi connectivity index (χ3n) is 9.98. The van der Waals surface area contributed by atoms with Gasteiger partial charge in [-0.3, -0.25) is 38.7 Å². The van der Waals surface area contributed by atoms with Crippen LogP contribution in [0.25, 0.3) is 0 Å². The number of carboxylic acids is 3. The number of carbonyl (C=O) groups is 5. The standard InChI is InChI=1S/C42H81N5O8.Gd/c1-3-5-7-9-11-13-15-17-19-21-23-25-27-43-38(48)33-46(36-41(52)53)31-29-45(35-40(50)51)30-32-47(37-42(54)55)34-39(49)44-28-26-24-22-20-18-16-14-12-10-8-6-4-2;/h3-37H2,1-2H3,(H,43,48)(H,44,49)(H,50,51)(H,52,53)(H,54,55);. The van der Waals surface area contributed by atoms with Gasteiger partial charge in [0.1, 0.15) is 0 Å². The van der Waals surface area contributed by atoms with E-state index in [-0.39, 0.29) is 111 Å². The van der Waals surface area contributed by atoms with Crippen LogP contribution in [0, 0.1) is 39.9 Å². The van der Waals surface area contributed by atoms with Gasteiger partial charge in [-0.15, -0.1) is 0 Å². The number of carbonyl (C=O) groups excluding carboxylic acids is 2. The zero-order valence-corrected chi connectivity index (χ0v) is 37.6. The zero-order valence-electron chi connectivity index (χ0n) is 35.3. The van der Waals surface area contributed by atoms with Crippen LogP contribution in [0.15, 0.2) is 0 Å². The number of aliphatic carboxylic acids is 3. The molecule has 0 aliphatic carbocycles. The summed E-state index contributed by atoms with van der Waals surface area (Å²) in [6.45, 7) is 4.71. The number of unbranched alkanes of at least 4 members (excludes halogenated alkanes) is 22. The summed E-state index contributed by atoms with van der Waals surface area (Å²) in [7, 11) is 0. The number of hydrogen-bond donors (Lipinski definition) is 5. The largest absolute Gasteiger partial charge is 0.480 e. The summed E-state index contributed by atoms with van der Waals surface area (Å²) >= 11 is 0. The molecule has 0 atom stereocenters. The molecule has 0 aromatic carbocycles. The molecule has 0 radical (unpaired) electrons. The Morgan fingerprint density at radius 2 is 0.589 bits per heavy atom. The van der Waals surface area contributed by atoms with Gasteiger partial charge in [-0.1, -0.05) is 155 Å². The summed E-state index contributed by atoms with van der Waals surface area (Å²) < 4.78 is 0. The Balaban J connectivity index is 0. The van der Waals surface area contributed by atoms with Crippen LogP contribution in [0.3, 0.4) is 0 Å². The fraction of sp³-hybridized carbons (Fsp3) is 0.881. The van der Waals surface area contributed by atoms with E-state index in [9.17, 15) is 39.3 Å². The van der Waals surface area contributed by atoms with Crippen molar-refractivity contribution in [2.24, 2.45) is 0 Å². The molecule has 5 N–H and O–H groups in total. The van der Waals surface area contributed by atoms with E-state index in [1.165, 1.54) is 125 Å². The van der Waals surface area contributed by atoms with Gasteiger partial charge in [0.2, 0.25) is 11.8 Å². The van der Waals surface area contributed by atoms with Crippen LogP contribution in [0.1, 0.15) is 168 Å². The molecule has 0 spiro atoms. The molecular weight excluding hydrogens is 860 g/mol. The minimum atomic E-state index is -1.10. The Labute approximate surface area is 371 Å². The van der Waals surface area contributed by atoms with Crippen LogP contribution < -0.4 is 10.6 Å². The van der Waals surface area contributed by atoms with Gasteiger partial charge in [0.05, 0.1) is 32.7 Å². The van der Waals surface area contributed by atoms with Gasteiger partial charge in [-0.25, -0.2) is 0 Å². The van der Waals surface area contributed by atoms with Crippen molar-refractivity contribution < 1.29 is 79.2 Å². The van der Waals surface area contributed by atoms with E-state index >= 15 is 0 Å². The first kappa shape index (κ1) is 56.7. The Kier molecular flexibility index (Phi) is 42.2. The topological polar surface area (TPSA) is 180 Å². The van der Waals surface area contributed by atoms with E-state index in [0.717, 1.165) is 38.5 Å². The minimum absolute atomic E-state index is 0. The molecule has 330 valence electrons. The summed E-state index contributed by atoms with van der Waals surface area (Å²) in [5, 5.41) is 34.1. The fourth-order valence-electron chi connectivity index (χ4n) is 6.74. The molecule has 0 aliphatic heterocycles. The molecule has 13 nitrogen and oxygen atoms in total. The number of nitrogens with zero attached hydrogens (tertiary/aromatic N) is 3. The van der Waals surface area contributed by atoms with Crippen LogP contribution in [0.5, 0.6) is 0 Å². The second kappa shape index (κ2) is 41.7. The molecule has 2 amide bonds. The maximum atomic E-state index is 12.6. The maximum absolute atomic E-state index is 12.6. The van der Waals surface area contributed by atoms with Gasteiger partial charge in [-0.05, 0) is 12.8 Å². The fourth-order valence-corrected chi connectivity index (χ4v) is 6.74. The first-order valence-corrected chi connectivity index (χ1v) is 21.9. The monoisotopic (exact) mass is 942 g/mol. The van der Waals surface area contributed by atoms with E-state index in [4.69, 9.17) is 0 Å². The molecule has 0 heterocycles. The normalized spacial score (nSPS) is 11.2. The SMILES string of the molecule is CCCCCCCCCCCCCCNC(=O)CN(CCN(CCN(CC(=O)O)CC(=O)NCCCCCCCCCCCCCC)CC(=O)O)CC(=O)O.[Gd]. The van der Waals surface area contributed by atoms with Crippen LogP contribution in [0.2, 0.25) is 0 Å². The van der Waals surface area contributed by atoms with Crippen molar-refractivity contribution >= 4 is 29.7 Å². The van der Waals surface area contributed by atoms with E-state index < -0.39 is 17.9 Å². The van der Waals surface area contributed by atoms with Crippen LogP contribution in [0.4, 0.5) is 0 Å². The predicted octanol–water partition coefficient (Wildman–Crippen LogP) is 6.78. The number of amides is 2. The average molecular weight is 941 g/mol. The first-order valence-electron chi connectivity index (χ1n) is 21.9. The van der Waals surface area contributed by atoms with Crippen LogP contribution in [-0.2, 0) is 24.0 Å². The van der Waals surface area contributed by atoms with E-state index in [0.29, 0.717) is 13.1 Å². The molecular formula is C42H81GdN5O8. The Bertz CT molecular complexity index is 925. The van der Waals surface area contributed by atoms with Gasteiger partial charge >= 0.3 is 17.9 Å². The Morgan fingerprint density at radius 1 is 0.357 bits per heavy atom. The molecule has 0 unspecified atom stereocenters. The first-order chi connectivity index (χ1) is 26.6. The zero-order chi connectivity index (χ0) is 40.8. The summed E-state index contributed by atoms with van der Waals surface area (Å²) in [5.41, 5.74) is 0. The molecule has 0 bridgehead atoms. The van der Waals surface area contributed by atoms with Gasteiger partial charge in [0.15, 0.2) is 0 Å². The van der Waals surface area contributed by atoms with Crippen molar-refractivity contribution in [2.75, 3.05) is 72.0 Å². The summed E-state index contributed by atoms with van der Waals surface area (Å²) in [4.78, 5) is 64.5. The molecule has 0 fully saturated rings. The van der Waals surface area contributed by atoms with Gasteiger partial charge in [0, 0.05) is 79.2 Å². The van der Waals surface area contributed by atoms with Crippen LogP contribution in [-0.4, -0.2) is 132 Å². The Morgan fingerprint density at radius 3 is 0.857 bits per heavy atom. The maximum Gasteiger partial charge on any atom is 0.317 e. The van der Waals surface area contributed by atoms with Crippen LogP contribution >= 0.6 is 0 Å². The molecule has 0 aromatic rings. The third kappa shape index (κ3) is 40.7. The van der Waals surface area contributed by atoms with E-state index in [1.54, 1.807) is 4.90 Å². The smallest absolute Gasteiger partial charge is 0.317 e. The summed E-state index contributed by atoms with van der Waals surface area (Å²) in [6.07, 6.45) is 29.3. The molecule has 0 saturated carbocycles. The summed E-state index contributed by atoms with van der Waals surface area (Å²) in [6, 6.07) is 0. The number of hydrogen-bond acceptors (Lipinski definition) is 8. The molecule has 14 heteroatoms. The number of nitrogens with one attached hydrogen (secondary N) is 2. The Hall–Kier alpha value is -1.45. The third-order valence-corrected chi connectivity index (χ3v) is 9.98. The van der Waals surface area contributed by atoms with E-state index in [1.807, 2.05) is 0 Å².